The van der Waals surface area contributed by atoms with Gasteiger partial charge >= 0.3 is 59.1 Å². The fourth-order valence-corrected chi connectivity index (χ4v) is 17.2. The average molecular weight is 1290 g/mol. The zero-order chi connectivity index (χ0) is 60.5. The largest absolute Gasteiger partial charge is 1.00 e. The minimum absolute atomic E-state index is 0. The molecule has 29 heteroatoms. The molecule has 480 valence electrons. The van der Waals surface area contributed by atoms with Crippen LogP contribution in [0.15, 0.2) is 49.1 Å². The van der Waals surface area contributed by atoms with Crippen LogP contribution in [0.2, 0.25) is 0 Å². The molecule has 12 saturated heterocycles. The molecule has 87 heavy (non-hydrogen) atoms. The van der Waals surface area contributed by atoms with Gasteiger partial charge in [0.2, 0.25) is 20.8 Å². The molecule has 0 aromatic carbocycles. The van der Waals surface area contributed by atoms with Crippen LogP contribution in [0.3, 0.4) is 0 Å². The Hall–Kier alpha value is 0.0200. The molecule has 0 bridgehead atoms. The number of ether oxygens (including phenoxy) is 13. The smallest absolute Gasteiger partial charge is 0.726 e. The van der Waals surface area contributed by atoms with E-state index in [1.54, 1.807) is 18.2 Å². The van der Waals surface area contributed by atoms with E-state index in [0.29, 0.717) is 76.2 Å². The van der Waals surface area contributed by atoms with Crippen molar-refractivity contribution in [2.24, 2.45) is 5.92 Å². The van der Waals surface area contributed by atoms with Gasteiger partial charge in [-0.15, -0.1) is 6.58 Å². The normalized spacial score (nSPS) is 50.5. The van der Waals surface area contributed by atoms with Crippen LogP contribution >= 0.6 is 0 Å². The van der Waals surface area contributed by atoms with Gasteiger partial charge in [-0.25, -0.2) is 16.8 Å². The second-order valence-electron chi connectivity index (χ2n) is 26.8. The van der Waals surface area contributed by atoms with E-state index in [0.717, 1.165) is 5.57 Å². The molecule has 0 saturated carbocycles. The van der Waals surface area contributed by atoms with E-state index in [1.165, 1.54) is 6.92 Å². The quantitative estimate of drug-likeness (QED) is 0.0424. The van der Waals surface area contributed by atoms with Crippen LogP contribution in [0.1, 0.15) is 118 Å². The molecule has 0 aromatic rings. The van der Waals surface area contributed by atoms with Gasteiger partial charge in [0.15, 0.2) is 6.29 Å². The number of fused-ring (bicyclic) bond motifs is 10. The van der Waals surface area contributed by atoms with Crippen LogP contribution in [0.25, 0.3) is 0 Å². The molecule has 4 N–H and O–H groups in total. The van der Waals surface area contributed by atoms with Crippen molar-refractivity contribution in [3.63, 3.8) is 0 Å². The summed E-state index contributed by atoms with van der Waals surface area (Å²) in [5.74, 6) is -0.124. The summed E-state index contributed by atoms with van der Waals surface area (Å²) in [5.41, 5.74) is -2.89. The summed E-state index contributed by atoms with van der Waals surface area (Å²) in [6.07, 6.45) is -7.96. The van der Waals surface area contributed by atoms with Crippen molar-refractivity contribution in [3.8, 4) is 0 Å². The van der Waals surface area contributed by atoms with Gasteiger partial charge in [0.25, 0.3) is 0 Å². The second kappa shape index (κ2) is 26.6. The van der Waals surface area contributed by atoms with E-state index in [1.807, 2.05) is 6.92 Å². The van der Waals surface area contributed by atoms with Crippen LogP contribution in [-0.2, 0) is 90.7 Å². The van der Waals surface area contributed by atoms with E-state index < -0.39 is 185 Å². The fourth-order valence-electron chi connectivity index (χ4n) is 16.4. The Bertz CT molecular complexity index is 2770. The van der Waals surface area contributed by atoms with Gasteiger partial charge < -0.3 is 91.1 Å². The van der Waals surface area contributed by atoms with E-state index in [2.05, 4.69) is 44.7 Å². The fraction of sp³-hybridized carbons (Fsp3) is 0.862. The van der Waals surface area contributed by atoms with Gasteiger partial charge in [0, 0.05) is 51.4 Å². The molecule has 12 aliphatic heterocycles. The van der Waals surface area contributed by atoms with Gasteiger partial charge in [0.1, 0.15) is 54.4 Å². The first-order valence-corrected chi connectivity index (χ1v) is 32.9. The first-order chi connectivity index (χ1) is 40.0. The minimum atomic E-state index is -5.23. The van der Waals surface area contributed by atoms with Gasteiger partial charge in [0.05, 0.1) is 128 Å². The van der Waals surface area contributed by atoms with Gasteiger partial charge in [-0.2, -0.15) is 0 Å². The number of allylic oxidation sites excluding steroid dienone is 3. The molecule has 12 fully saturated rings. The van der Waals surface area contributed by atoms with Crippen molar-refractivity contribution in [1.29, 1.82) is 0 Å². The van der Waals surface area contributed by atoms with Crippen molar-refractivity contribution < 1.29 is 175 Å². The standard InChI is InChI=1S/C58H86O25S2.2Na/c1-9-10-27(2)11-12-30(60)50-28(3)17-39-38(76-50)23-47-58(8,81-39)53(79-54-49(62)48(61)43(26-59)77-54)52-42(75-47)21-41-51(78-52)29(4)25-57(7)45(74-41)24-44-56(6,83-57)14-13-31-32(73-44)18-34-33(70-31)19-35-36(71-34)20-40-37(72-35)22-46(82-85(66,67)68)55(5,80-40)15-16-69-84(63,64)65;;/h9,11-12,29-54,59-62H,1-3,10,13-26H2,4-8H3,(H,63,64,65)(H,66,67,68);;/q;2*+1/p-2/b12-11+;;/t29-,30+,31-,32+,33+,34-,35-,36+,37+,38+,39-,40-,41-,42+,43-,44-,45+,46-,47-,48-,49+,50-,51+,52+,53+,54+,55+,56+,57-,58-;;/m0../s1. The molecule has 0 aromatic heterocycles. The van der Waals surface area contributed by atoms with E-state index >= 15 is 0 Å². The van der Waals surface area contributed by atoms with Crippen LogP contribution in [0.4, 0.5) is 0 Å². The van der Waals surface area contributed by atoms with Crippen molar-refractivity contribution >= 4 is 20.8 Å². The molecule has 30 atom stereocenters. The van der Waals surface area contributed by atoms with E-state index in [-0.39, 0.29) is 102 Å². The molecule has 0 radical (unpaired) electrons. The summed E-state index contributed by atoms with van der Waals surface area (Å²) in [7, 11) is -10.3. The first kappa shape index (κ1) is 69.8. The number of rotatable bonds is 14. The molecular weight excluding hydrogens is 1210 g/mol. The molecule has 12 aliphatic rings. The predicted molar refractivity (Wildman–Crippen MR) is 289 cm³/mol. The summed E-state index contributed by atoms with van der Waals surface area (Å²) in [4.78, 5) is 0. The Kier molecular flexibility index (Phi) is 21.3. The van der Waals surface area contributed by atoms with Crippen molar-refractivity contribution in [3.05, 3.63) is 49.1 Å². The zero-order valence-corrected chi connectivity index (χ0v) is 56.3. The monoisotopic (exact) mass is 1290 g/mol. The number of aliphatic hydroxyl groups excluding tert-OH is 4. The molecule has 12 rings (SSSR count). The SMILES string of the molecule is C=CCC(=C)/C=C/[C@@H](O)[C@H]1O[C@@H]2C[C@@H]3O[C@@H]4C[C@@H]5O[C@@H]6C[C@@H]7O[C@@H]8C[C@@H]9O[C@@H]%10C[C@@H]%11O[C@](C)(CCOS(=O)(=O)[O-])[C@@H](OS(=O)(=O)[O-])C[C@H]%11O[C@H]%10C[C@H]9O[C@H]8CC[C@@]7(C)O[C@@]6(C)C[C@H](C)[C@H]5O[C@H]4[C@@H](O[C@H]4O[C@@H](CO)[C@H](O)[C@H]4O)[C@@]3(C)O[C@H]2CC1=C.[Na+].[Na+]. The van der Waals surface area contributed by atoms with Crippen LogP contribution < -0.4 is 59.1 Å². The van der Waals surface area contributed by atoms with E-state index in [9.17, 15) is 46.4 Å². The summed E-state index contributed by atoms with van der Waals surface area (Å²) >= 11 is 0. The zero-order valence-electron chi connectivity index (χ0n) is 50.6. The van der Waals surface area contributed by atoms with Crippen LogP contribution in [0, 0.1) is 5.92 Å². The maximum absolute atomic E-state index is 11.9. The topological polar surface area (TPSA) is 334 Å². The predicted octanol–water partition coefficient (Wildman–Crippen LogP) is -3.93. The number of hydrogen-bond acceptors (Lipinski definition) is 25. The molecule has 0 unspecified atom stereocenters. The third-order valence-corrected chi connectivity index (χ3v) is 21.6. The van der Waals surface area contributed by atoms with Gasteiger partial charge in [-0.3, -0.25) is 8.37 Å². The van der Waals surface area contributed by atoms with Gasteiger partial charge in [-0.05, 0) is 71.3 Å². The third-order valence-electron chi connectivity index (χ3n) is 20.7. The van der Waals surface area contributed by atoms with Crippen LogP contribution in [-0.4, -0.2) is 235 Å². The molecule has 0 amide bonds. The van der Waals surface area contributed by atoms with Gasteiger partial charge in [-0.1, -0.05) is 43.9 Å². The summed E-state index contributed by atoms with van der Waals surface area (Å²) in [6, 6.07) is 0. The third kappa shape index (κ3) is 14.0. The minimum Gasteiger partial charge on any atom is -0.726 e. The Morgan fingerprint density at radius 1 is 0.713 bits per heavy atom. The Morgan fingerprint density at radius 3 is 1.97 bits per heavy atom. The number of hydrogen-bond donors (Lipinski definition) is 4. The molecule has 0 aliphatic carbocycles. The summed E-state index contributed by atoms with van der Waals surface area (Å²) < 4.78 is 168. The Morgan fingerprint density at radius 2 is 1.31 bits per heavy atom. The number of aliphatic hydroxyl groups is 4. The molecule has 12 heterocycles. The van der Waals surface area contributed by atoms with Crippen LogP contribution in [0.5, 0.6) is 0 Å². The maximum atomic E-state index is 11.9. The summed E-state index contributed by atoms with van der Waals surface area (Å²) in [5, 5.41) is 43.6. The molecular formula is C58H84Na2O25S2. The van der Waals surface area contributed by atoms with Crippen molar-refractivity contribution in [1.82, 2.24) is 0 Å². The molecule has 0 spiro atoms. The summed E-state index contributed by atoms with van der Waals surface area (Å²) in [6.45, 7) is 20.6. The van der Waals surface area contributed by atoms with E-state index in [4.69, 9.17) is 65.8 Å². The van der Waals surface area contributed by atoms with Crippen molar-refractivity contribution in [2.45, 2.75) is 293 Å². The first-order valence-electron chi connectivity index (χ1n) is 30.2. The van der Waals surface area contributed by atoms with Crippen molar-refractivity contribution in [2.75, 3.05) is 13.2 Å². The maximum Gasteiger partial charge on any atom is 1.00 e. The Labute approximate surface area is 553 Å². The molecule has 25 nitrogen and oxygen atoms in total. The average Bonchev–Trinajstić information content (AvgIpc) is 1.71. The second-order valence-corrected chi connectivity index (χ2v) is 28.9. The Balaban J connectivity index is 0.00000419.